The minimum Gasteiger partial charge on any atom is -0.383 e. The van der Waals surface area contributed by atoms with E-state index in [9.17, 15) is 0 Å². The number of fused-ring (bicyclic) bond motifs is 1. The van der Waals surface area contributed by atoms with Crippen molar-refractivity contribution >= 4 is 32.8 Å². The van der Waals surface area contributed by atoms with Crippen LogP contribution in [0.25, 0.3) is 22.2 Å². The van der Waals surface area contributed by atoms with Crippen LogP contribution in [0.15, 0.2) is 41.3 Å². The van der Waals surface area contributed by atoms with Gasteiger partial charge in [0.25, 0.3) is 0 Å². The fraction of sp³-hybridized carbons (Fsp3) is 0. The standard InChI is InChI=1S/C12H9BrN4/c13-8-3-1-7(2-4-8)9-5-15-12-10(9)11(14)16-6-17-12/h1-6H,(H3,14,15,16,17). The molecule has 2 aromatic heterocycles. The van der Waals surface area contributed by atoms with Gasteiger partial charge in [0.15, 0.2) is 0 Å². The van der Waals surface area contributed by atoms with E-state index in [1.807, 2.05) is 30.5 Å². The first-order valence-electron chi connectivity index (χ1n) is 5.09. The van der Waals surface area contributed by atoms with Crippen molar-refractivity contribution in [3.8, 4) is 11.1 Å². The number of nitrogens with one attached hydrogen (secondary N) is 1. The van der Waals surface area contributed by atoms with Crippen LogP contribution in [0.1, 0.15) is 0 Å². The molecule has 0 saturated carbocycles. The molecule has 3 aromatic rings. The minimum atomic E-state index is 0.495. The summed E-state index contributed by atoms with van der Waals surface area (Å²) < 4.78 is 1.05. The first kappa shape index (κ1) is 10.3. The maximum Gasteiger partial charge on any atom is 0.143 e. The Morgan fingerprint density at radius 2 is 1.88 bits per heavy atom. The summed E-state index contributed by atoms with van der Waals surface area (Å²) in [6.07, 6.45) is 3.36. The van der Waals surface area contributed by atoms with Gasteiger partial charge in [-0.1, -0.05) is 28.1 Å². The topological polar surface area (TPSA) is 67.6 Å². The van der Waals surface area contributed by atoms with E-state index in [0.29, 0.717) is 5.82 Å². The molecule has 0 aliphatic carbocycles. The average molecular weight is 289 g/mol. The highest BCUT2D eigenvalue weighted by Gasteiger charge is 2.10. The van der Waals surface area contributed by atoms with Gasteiger partial charge in [-0.15, -0.1) is 0 Å². The summed E-state index contributed by atoms with van der Waals surface area (Å²) in [4.78, 5) is 11.3. The Labute approximate surface area is 106 Å². The third-order valence-electron chi connectivity index (χ3n) is 2.65. The summed E-state index contributed by atoms with van der Waals surface area (Å²) in [6.45, 7) is 0. The lowest BCUT2D eigenvalue weighted by Gasteiger charge is -2.01. The summed E-state index contributed by atoms with van der Waals surface area (Å²) in [5.74, 6) is 0.495. The van der Waals surface area contributed by atoms with Crippen LogP contribution in [0.3, 0.4) is 0 Å². The van der Waals surface area contributed by atoms with Gasteiger partial charge in [-0.05, 0) is 17.7 Å². The van der Waals surface area contributed by atoms with Crippen molar-refractivity contribution in [2.24, 2.45) is 0 Å². The van der Waals surface area contributed by atoms with Crippen molar-refractivity contribution in [2.75, 3.05) is 5.73 Å². The molecule has 0 amide bonds. The number of halogens is 1. The number of anilines is 1. The van der Waals surface area contributed by atoms with Crippen molar-refractivity contribution in [1.82, 2.24) is 15.0 Å². The van der Waals surface area contributed by atoms with Crippen LogP contribution in [0.5, 0.6) is 0 Å². The van der Waals surface area contributed by atoms with Gasteiger partial charge in [-0.2, -0.15) is 0 Å². The lowest BCUT2D eigenvalue weighted by molar-refractivity contribution is 1.21. The van der Waals surface area contributed by atoms with Crippen LogP contribution in [-0.2, 0) is 0 Å². The van der Waals surface area contributed by atoms with E-state index in [1.165, 1.54) is 6.33 Å². The third-order valence-corrected chi connectivity index (χ3v) is 3.18. The van der Waals surface area contributed by atoms with Crippen LogP contribution in [0.4, 0.5) is 5.82 Å². The molecule has 0 spiro atoms. The summed E-state index contributed by atoms with van der Waals surface area (Å²) in [5, 5.41) is 0.870. The Morgan fingerprint density at radius 3 is 2.65 bits per heavy atom. The number of benzene rings is 1. The molecule has 0 unspecified atom stereocenters. The summed E-state index contributed by atoms with van der Waals surface area (Å²) in [5.41, 5.74) is 8.75. The fourth-order valence-corrected chi connectivity index (χ4v) is 2.11. The lowest BCUT2D eigenvalue weighted by atomic mass is 10.1. The van der Waals surface area contributed by atoms with Crippen molar-refractivity contribution < 1.29 is 0 Å². The first-order valence-corrected chi connectivity index (χ1v) is 5.88. The number of aromatic amines is 1. The monoisotopic (exact) mass is 288 g/mol. The van der Waals surface area contributed by atoms with Crippen LogP contribution in [0.2, 0.25) is 0 Å². The zero-order valence-corrected chi connectivity index (χ0v) is 10.4. The third kappa shape index (κ3) is 1.68. The zero-order chi connectivity index (χ0) is 11.8. The van der Waals surface area contributed by atoms with E-state index in [-0.39, 0.29) is 0 Å². The van der Waals surface area contributed by atoms with E-state index < -0.39 is 0 Å². The van der Waals surface area contributed by atoms with Crippen molar-refractivity contribution in [2.45, 2.75) is 0 Å². The van der Waals surface area contributed by atoms with Gasteiger partial charge in [0, 0.05) is 16.2 Å². The molecule has 0 fully saturated rings. The number of hydrogen-bond acceptors (Lipinski definition) is 3. The molecule has 2 heterocycles. The number of nitrogen functional groups attached to an aromatic ring is 1. The summed E-state index contributed by atoms with van der Waals surface area (Å²) in [7, 11) is 0. The van der Waals surface area contributed by atoms with Gasteiger partial charge in [-0.25, -0.2) is 9.97 Å². The Bertz CT molecular complexity index is 673. The molecule has 4 nitrogen and oxygen atoms in total. The molecule has 3 N–H and O–H groups in total. The van der Waals surface area contributed by atoms with E-state index >= 15 is 0 Å². The predicted molar refractivity (Wildman–Crippen MR) is 71.4 cm³/mol. The van der Waals surface area contributed by atoms with Crippen molar-refractivity contribution in [1.29, 1.82) is 0 Å². The molecule has 0 aliphatic rings. The molecule has 0 atom stereocenters. The number of nitrogens with zero attached hydrogens (tertiary/aromatic N) is 2. The first-order chi connectivity index (χ1) is 8.25. The second-order valence-electron chi connectivity index (χ2n) is 3.69. The van der Waals surface area contributed by atoms with Crippen LogP contribution < -0.4 is 5.73 Å². The summed E-state index contributed by atoms with van der Waals surface area (Å²) >= 11 is 3.42. The molecular weight excluding hydrogens is 280 g/mol. The van der Waals surface area contributed by atoms with Crippen molar-refractivity contribution in [3.63, 3.8) is 0 Å². The fourth-order valence-electron chi connectivity index (χ4n) is 1.84. The van der Waals surface area contributed by atoms with Gasteiger partial charge in [-0.3, -0.25) is 0 Å². The summed E-state index contributed by atoms with van der Waals surface area (Å²) in [6, 6.07) is 8.04. The Balaban J connectivity index is 2.27. The second kappa shape index (κ2) is 3.85. The highest BCUT2D eigenvalue weighted by Crippen LogP contribution is 2.30. The highest BCUT2D eigenvalue weighted by atomic mass is 79.9. The largest absolute Gasteiger partial charge is 0.383 e. The Kier molecular flexibility index (Phi) is 2.33. The molecule has 84 valence electrons. The normalized spacial score (nSPS) is 10.9. The Morgan fingerprint density at radius 1 is 1.12 bits per heavy atom. The minimum absolute atomic E-state index is 0.495. The highest BCUT2D eigenvalue weighted by molar-refractivity contribution is 9.10. The maximum atomic E-state index is 5.89. The molecule has 1 aromatic carbocycles. The van der Waals surface area contributed by atoms with E-state index in [4.69, 9.17) is 5.73 Å². The maximum absolute atomic E-state index is 5.89. The van der Waals surface area contributed by atoms with Gasteiger partial charge < -0.3 is 10.7 Å². The number of H-pyrrole nitrogens is 1. The molecule has 5 heteroatoms. The molecular formula is C12H9BrN4. The molecule has 17 heavy (non-hydrogen) atoms. The van der Waals surface area contributed by atoms with Gasteiger partial charge in [0.2, 0.25) is 0 Å². The number of hydrogen-bond donors (Lipinski definition) is 2. The lowest BCUT2D eigenvalue weighted by Crippen LogP contribution is -1.92. The van der Waals surface area contributed by atoms with Gasteiger partial charge >= 0.3 is 0 Å². The van der Waals surface area contributed by atoms with Gasteiger partial charge in [0.05, 0.1) is 5.39 Å². The average Bonchev–Trinajstić information content (AvgIpc) is 2.75. The van der Waals surface area contributed by atoms with E-state index in [2.05, 4.69) is 30.9 Å². The second-order valence-corrected chi connectivity index (χ2v) is 4.61. The molecule has 0 aliphatic heterocycles. The number of nitrogens with two attached hydrogens (primary N) is 1. The van der Waals surface area contributed by atoms with Crippen LogP contribution in [0, 0.1) is 0 Å². The van der Waals surface area contributed by atoms with Crippen LogP contribution >= 0.6 is 15.9 Å². The number of rotatable bonds is 1. The molecule has 3 rings (SSSR count). The SMILES string of the molecule is Nc1ncnc2[nH]cc(-c3ccc(Br)cc3)c12. The smallest absolute Gasteiger partial charge is 0.143 e. The quantitative estimate of drug-likeness (QED) is 0.723. The van der Waals surface area contributed by atoms with E-state index in [0.717, 1.165) is 26.6 Å². The molecule has 0 radical (unpaired) electrons. The van der Waals surface area contributed by atoms with Crippen molar-refractivity contribution in [3.05, 3.63) is 41.3 Å². The Hall–Kier alpha value is -1.88. The molecule has 0 saturated heterocycles. The predicted octanol–water partition coefficient (Wildman–Crippen LogP) is 2.97. The molecule has 0 bridgehead atoms. The number of aromatic nitrogens is 3. The van der Waals surface area contributed by atoms with Gasteiger partial charge in [0.1, 0.15) is 17.8 Å². The van der Waals surface area contributed by atoms with Crippen LogP contribution in [-0.4, -0.2) is 15.0 Å². The van der Waals surface area contributed by atoms with E-state index in [1.54, 1.807) is 0 Å². The zero-order valence-electron chi connectivity index (χ0n) is 8.81.